The normalized spacial score (nSPS) is 16.2. The molecule has 1 aliphatic carbocycles. The highest BCUT2D eigenvalue weighted by Crippen LogP contribution is 2.36. The van der Waals surface area contributed by atoms with Gasteiger partial charge in [0.2, 0.25) is 0 Å². The number of nitrogens with one attached hydrogen (secondary N) is 2. The Bertz CT molecular complexity index is 441. The maximum absolute atomic E-state index is 12.1. The van der Waals surface area contributed by atoms with Crippen molar-refractivity contribution < 1.29 is 4.79 Å². The molecule has 1 unspecified atom stereocenters. The van der Waals surface area contributed by atoms with Gasteiger partial charge in [-0.15, -0.1) is 0 Å². The predicted molar refractivity (Wildman–Crippen MR) is 72.7 cm³/mol. The summed E-state index contributed by atoms with van der Waals surface area (Å²) in [4.78, 5) is 16.3. The molecule has 0 radical (unpaired) electrons. The van der Waals surface area contributed by atoms with Gasteiger partial charge in [0.1, 0.15) is 0 Å². The zero-order valence-corrected chi connectivity index (χ0v) is 11.3. The summed E-state index contributed by atoms with van der Waals surface area (Å²) in [5, 5.41) is 6.03. The van der Waals surface area contributed by atoms with E-state index in [-0.39, 0.29) is 5.91 Å². The van der Waals surface area contributed by atoms with Gasteiger partial charge in [-0.2, -0.15) is 0 Å². The minimum Gasteiger partial charge on any atom is -0.387 e. The Morgan fingerprint density at radius 1 is 1.56 bits per heavy atom. The molecule has 1 heterocycles. The van der Waals surface area contributed by atoms with Crippen molar-refractivity contribution in [2.75, 3.05) is 18.9 Å². The molecule has 1 aliphatic rings. The van der Waals surface area contributed by atoms with Crippen LogP contribution in [-0.2, 0) is 0 Å². The number of pyridine rings is 1. The molecular formula is C14H21N3O. The molecule has 0 aromatic carbocycles. The average Bonchev–Trinajstić information content (AvgIpc) is 3.19. The summed E-state index contributed by atoms with van der Waals surface area (Å²) in [5.74, 6) is 1.34. The first-order valence-corrected chi connectivity index (χ1v) is 6.54. The van der Waals surface area contributed by atoms with Crippen molar-refractivity contribution in [1.29, 1.82) is 0 Å². The summed E-state index contributed by atoms with van der Waals surface area (Å²) in [6.07, 6.45) is 4.26. The van der Waals surface area contributed by atoms with Crippen LogP contribution in [0.3, 0.4) is 0 Å². The summed E-state index contributed by atoms with van der Waals surface area (Å²) in [6.45, 7) is 4.86. The van der Waals surface area contributed by atoms with Crippen molar-refractivity contribution in [2.24, 2.45) is 11.8 Å². The van der Waals surface area contributed by atoms with E-state index in [1.54, 1.807) is 6.20 Å². The quantitative estimate of drug-likeness (QED) is 0.838. The molecule has 18 heavy (non-hydrogen) atoms. The lowest BCUT2D eigenvalue weighted by Crippen LogP contribution is -2.29. The molecule has 1 saturated carbocycles. The number of anilines is 1. The Balaban J connectivity index is 1.99. The Kier molecular flexibility index (Phi) is 3.84. The zero-order chi connectivity index (χ0) is 13.1. The average molecular weight is 247 g/mol. The Morgan fingerprint density at radius 3 is 2.89 bits per heavy atom. The summed E-state index contributed by atoms with van der Waals surface area (Å²) < 4.78 is 0. The molecule has 1 amide bonds. The first-order valence-electron chi connectivity index (χ1n) is 6.54. The molecule has 4 heteroatoms. The topological polar surface area (TPSA) is 54.0 Å². The molecule has 0 bridgehead atoms. The van der Waals surface area contributed by atoms with E-state index in [9.17, 15) is 4.79 Å². The van der Waals surface area contributed by atoms with E-state index >= 15 is 0 Å². The molecule has 1 aromatic rings. The third kappa shape index (κ3) is 3.00. The van der Waals surface area contributed by atoms with Crippen molar-refractivity contribution in [1.82, 2.24) is 10.3 Å². The first-order chi connectivity index (χ1) is 8.61. The maximum atomic E-state index is 12.1. The second kappa shape index (κ2) is 5.38. The van der Waals surface area contributed by atoms with E-state index in [1.165, 1.54) is 12.8 Å². The van der Waals surface area contributed by atoms with Crippen molar-refractivity contribution in [2.45, 2.75) is 26.7 Å². The smallest absolute Gasteiger partial charge is 0.254 e. The highest BCUT2D eigenvalue weighted by atomic mass is 16.1. The van der Waals surface area contributed by atoms with Crippen LogP contribution in [0.4, 0.5) is 5.69 Å². The molecular weight excluding hydrogens is 226 g/mol. The number of hydrogen-bond acceptors (Lipinski definition) is 3. The minimum absolute atomic E-state index is 0.0423. The van der Waals surface area contributed by atoms with Gasteiger partial charge in [0.15, 0.2) is 0 Å². The Morgan fingerprint density at radius 2 is 2.28 bits per heavy atom. The van der Waals surface area contributed by atoms with E-state index in [0.29, 0.717) is 11.5 Å². The lowest BCUT2D eigenvalue weighted by molar-refractivity contribution is 0.0947. The van der Waals surface area contributed by atoms with Crippen LogP contribution < -0.4 is 10.6 Å². The SMILES string of the molecule is CNc1cc(C)ncc1C(=O)NCC(C)C1CC1. The van der Waals surface area contributed by atoms with Gasteiger partial charge in [-0.05, 0) is 37.7 Å². The third-order valence-electron chi connectivity index (χ3n) is 3.57. The second-order valence-corrected chi connectivity index (χ2v) is 5.15. The van der Waals surface area contributed by atoms with Crippen molar-refractivity contribution in [3.05, 3.63) is 23.5 Å². The molecule has 98 valence electrons. The van der Waals surface area contributed by atoms with Crippen LogP contribution in [0.5, 0.6) is 0 Å². The zero-order valence-electron chi connectivity index (χ0n) is 11.3. The number of aryl methyl sites for hydroxylation is 1. The lowest BCUT2D eigenvalue weighted by Gasteiger charge is -2.13. The number of carbonyl (C=O) groups is 1. The fourth-order valence-corrected chi connectivity index (χ4v) is 2.13. The summed E-state index contributed by atoms with van der Waals surface area (Å²) in [5.41, 5.74) is 2.35. The van der Waals surface area contributed by atoms with Crippen molar-refractivity contribution in [3.8, 4) is 0 Å². The molecule has 1 atom stereocenters. The molecule has 2 rings (SSSR count). The minimum atomic E-state index is -0.0423. The van der Waals surface area contributed by atoms with Crippen LogP contribution in [0.2, 0.25) is 0 Å². The van der Waals surface area contributed by atoms with Gasteiger partial charge in [-0.1, -0.05) is 6.92 Å². The van der Waals surface area contributed by atoms with E-state index < -0.39 is 0 Å². The maximum Gasteiger partial charge on any atom is 0.254 e. The van der Waals surface area contributed by atoms with Gasteiger partial charge < -0.3 is 10.6 Å². The molecule has 0 spiro atoms. The largest absolute Gasteiger partial charge is 0.387 e. The second-order valence-electron chi connectivity index (χ2n) is 5.15. The monoisotopic (exact) mass is 247 g/mol. The highest BCUT2D eigenvalue weighted by molar-refractivity contribution is 5.99. The van der Waals surface area contributed by atoms with Crippen LogP contribution >= 0.6 is 0 Å². The predicted octanol–water partition coefficient (Wildman–Crippen LogP) is 2.21. The lowest BCUT2D eigenvalue weighted by atomic mass is 10.1. The summed E-state index contributed by atoms with van der Waals surface area (Å²) >= 11 is 0. The summed E-state index contributed by atoms with van der Waals surface area (Å²) in [6, 6.07) is 1.89. The number of hydrogen-bond donors (Lipinski definition) is 2. The van der Waals surface area contributed by atoms with Crippen LogP contribution in [0.25, 0.3) is 0 Å². The standard InChI is InChI=1S/C14H21N3O/c1-9(11-4-5-11)7-17-14(18)12-8-16-10(2)6-13(12)15-3/h6,8-9,11H,4-5,7H2,1-3H3,(H,15,16)(H,17,18). The fraction of sp³-hybridized carbons (Fsp3) is 0.571. The first kappa shape index (κ1) is 12.9. The Labute approximate surface area is 108 Å². The highest BCUT2D eigenvalue weighted by Gasteiger charge is 2.28. The molecule has 4 nitrogen and oxygen atoms in total. The van der Waals surface area contributed by atoms with Gasteiger partial charge in [-0.25, -0.2) is 0 Å². The van der Waals surface area contributed by atoms with Crippen molar-refractivity contribution in [3.63, 3.8) is 0 Å². The van der Waals surface area contributed by atoms with E-state index in [4.69, 9.17) is 0 Å². The van der Waals surface area contributed by atoms with E-state index in [1.807, 2.05) is 20.0 Å². The molecule has 2 N–H and O–H groups in total. The van der Waals surface area contributed by atoms with Crippen LogP contribution in [0.15, 0.2) is 12.3 Å². The fourth-order valence-electron chi connectivity index (χ4n) is 2.13. The van der Waals surface area contributed by atoms with Crippen LogP contribution in [0, 0.1) is 18.8 Å². The van der Waals surface area contributed by atoms with E-state index in [2.05, 4.69) is 22.5 Å². The number of amides is 1. The van der Waals surface area contributed by atoms with Crippen LogP contribution in [0.1, 0.15) is 35.8 Å². The third-order valence-corrected chi connectivity index (χ3v) is 3.57. The molecule has 1 aromatic heterocycles. The van der Waals surface area contributed by atoms with E-state index in [0.717, 1.165) is 23.8 Å². The molecule has 1 fully saturated rings. The molecule has 0 saturated heterocycles. The summed E-state index contributed by atoms with van der Waals surface area (Å²) in [7, 11) is 1.82. The van der Waals surface area contributed by atoms with Gasteiger partial charge in [-0.3, -0.25) is 9.78 Å². The van der Waals surface area contributed by atoms with Gasteiger partial charge in [0.25, 0.3) is 5.91 Å². The number of aromatic nitrogens is 1. The van der Waals surface area contributed by atoms with Crippen molar-refractivity contribution >= 4 is 11.6 Å². The number of carbonyl (C=O) groups excluding carboxylic acids is 1. The Hall–Kier alpha value is -1.58. The van der Waals surface area contributed by atoms with Crippen LogP contribution in [-0.4, -0.2) is 24.5 Å². The number of rotatable bonds is 5. The van der Waals surface area contributed by atoms with Gasteiger partial charge in [0.05, 0.1) is 11.3 Å². The number of nitrogens with zero attached hydrogens (tertiary/aromatic N) is 1. The van der Waals surface area contributed by atoms with Gasteiger partial charge >= 0.3 is 0 Å². The van der Waals surface area contributed by atoms with Gasteiger partial charge in [0, 0.05) is 25.5 Å². The molecule has 0 aliphatic heterocycles.